The molecule has 4 aromatic rings. The van der Waals surface area contributed by atoms with E-state index in [2.05, 4.69) is 82.0 Å². The van der Waals surface area contributed by atoms with E-state index in [1.807, 2.05) is 12.3 Å². The molecule has 0 radical (unpaired) electrons. The quantitative estimate of drug-likeness (QED) is 0.448. The maximum atomic E-state index is 4.50. The van der Waals surface area contributed by atoms with Crippen LogP contribution in [0.1, 0.15) is 28.1 Å². The van der Waals surface area contributed by atoms with Crippen LogP contribution in [-0.2, 0) is 32.4 Å². The van der Waals surface area contributed by atoms with Crippen molar-refractivity contribution in [2.24, 2.45) is 0 Å². The number of aromatic nitrogens is 2. The molecule has 30 heavy (non-hydrogen) atoms. The molecule has 1 aliphatic rings. The van der Waals surface area contributed by atoms with Gasteiger partial charge in [0.25, 0.3) is 0 Å². The van der Waals surface area contributed by atoms with Gasteiger partial charge < -0.3 is 4.57 Å². The monoisotopic (exact) mass is 395 g/mol. The minimum atomic E-state index is 1.02. The van der Waals surface area contributed by atoms with Crippen LogP contribution in [0.3, 0.4) is 0 Å². The molecule has 0 aliphatic carbocycles. The van der Waals surface area contributed by atoms with Crippen molar-refractivity contribution in [3.8, 4) is 0 Å². The average molecular weight is 396 g/mol. The molecule has 5 rings (SSSR count). The molecular weight excluding hydrogens is 366 g/mol. The lowest BCUT2D eigenvalue weighted by Crippen LogP contribution is -2.33. The Bertz CT molecular complexity index is 1130. The van der Waals surface area contributed by atoms with Gasteiger partial charge in [-0.1, -0.05) is 48.0 Å². The number of rotatable bonds is 6. The van der Waals surface area contributed by atoms with Crippen LogP contribution >= 0.6 is 0 Å². The molecule has 0 amide bonds. The summed E-state index contributed by atoms with van der Waals surface area (Å²) in [4.78, 5) is 7.09. The molecule has 0 saturated heterocycles. The summed E-state index contributed by atoms with van der Waals surface area (Å²) >= 11 is 0. The predicted octanol–water partition coefficient (Wildman–Crippen LogP) is 5.19. The highest BCUT2D eigenvalue weighted by Crippen LogP contribution is 2.32. The molecule has 0 bridgehead atoms. The maximum absolute atomic E-state index is 4.50. The van der Waals surface area contributed by atoms with Crippen molar-refractivity contribution in [2.75, 3.05) is 13.1 Å². The van der Waals surface area contributed by atoms with Crippen molar-refractivity contribution in [1.29, 1.82) is 0 Å². The number of nitrogens with zero attached hydrogens (tertiary/aromatic N) is 3. The smallest absolute Gasteiger partial charge is 0.0486 e. The highest BCUT2D eigenvalue weighted by atomic mass is 15.1. The first-order valence-corrected chi connectivity index (χ1v) is 11.0. The summed E-state index contributed by atoms with van der Waals surface area (Å²) in [5, 5.41) is 1.44. The normalized spacial score (nSPS) is 14.2. The van der Waals surface area contributed by atoms with Gasteiger partial charge in [0, 0.05) is 67.5 Å². The average Bonchev–Trinajstić information content (AvgIpc) is 3.10. The standard InChI is InChI=1S/C27H29N3/c1-21-10-11-26-24(19-21)25-20-29(16-13-23-9-5-6-15-28-23)17-14-27(25)30(26)18-12-22-7-3-2-4-8-22/h2-11,15,19H,12-14,16-18,20H2,1H3. The molecule has 1 aliphatic heterocycles. The van der Waals surface area contributed by atoms with Crippen LogP contribution in [0, 0.1) is 6.92 Å². The van der Waals surface area contributed by atoms with E-state index in [0.29, 0.717) is 0 Å². The molecule has 0 atom stereocenters. The zero-order valence-electron chi connectivity index (χ0n) is 17.7. The van der Waals surface area contributed by atoms with Gasteiger partial charge in [0.2, 0.25) is 0 Å². The molecule has 0 saturated carbocycles. The molecule has 0 spiro atoms. The summed E-state index contributed by atoms with van der Waals surface area (Å²) in [5.74, 6) is 0. The third kappa shape index (κ3) is 3.90. The summed E-state index contributed by atoms with van der Waals surface area (Å²) in [6.45, 7) is 6.49. The Labute approximate surface area is 179 Å². The van der Waals surface area contributed by atoms with Gasteiger partial charge >= 0.3 is 0 Å². The van der Waals surface area contributed by atoms with E-state index in [4.69, 9.17) is 0 Å². The van der Waals surface area contributed by atoms with Crippen molar-refractivity contribution >= 4 is 10.9 Å². The van der Waals surface area contributed by atoms with E-state index < -0.39 is 0 Å². The highest BCUT2D eigenvalue weighted by molar-refractivity contribution is 5.86. The van der Waals surface area contributed by atoms with Gasteiger partial charge in [0.15, 0.2) is 0 Å². The van der Waals surface area contributed by atoms with E-state index in [9.17, 15) is 0 Å². The third-order valence-corrected chi connectivity index (χ3v) is 6.37. The van der Waals surface area contributed by atoms with Crippen LogP contribution in [-0.4, -0.2) is 27.5 Å². The van der Waals surface area contributed by atoms with E-state index in [1.165, 1.54) is 33.3 Å². The van der Waals surface area contributed by atoms with Gasteiger partial charge in [0.1, 0.15) is 0 Å². The van der Waals surface area contributed by atoms with Gasteiger partial charge in [0.05, 0.1) is 0 Å². The van der Waals surface area contributed by atoms with Gasteiger partial charge in [-0.25, -0.2) is 0 Å². The first-order valence-electron chi connectivity index (χ1n) is 11.0. The number of fused-ring (bicyclic) bond motifs is 3. The van der Waals surface area contributed by atoms with E-state index in [1.54, 1.807) is 5.69 Å². The molecular formula is C27H29N3. The number of pyridine rings is 1. The zero-order valence-corrected chi connectivity index (χ0v) is 17.7. The van der Waals surface area contributed by atoms with Crippen LogP contribution in [0.25, 0.3) is 10.9 Å². The van der Waals surface area contributed by atoms with Crippen molar-refractivity contribution in [2.45, 2.75) is 39.3 Å². The molecule has 3 heterocycles. The van der Waals surface area contributed by atoms with Crippen molar-refractivity contribution in [1.82, 2.24) is 14.5 Å². The summed E-state index contributed by atoms with van der Waals surface area (Å²) in [6, 6.07) is 24.0. The van der Waals surface area contributed by atoms with Gasteiger partial charge in [-0.2, -0.15) is 0 Å². The SMILES string of the molecule is Cc1ccc2c(c1)c1c(n2CCc2ccccc2)CCN(CCc2ccccn2)C1. The number of hydrogen-bond acceptors (Lipinski definition) is 2. The van der Waals surface area contributed by atoms with Crippen LogP contribution in [0.5, 0.6) is 0 Å². The van der Waals surface area contributed by atoms with Crippen LogP contribution < -0.4 is 0 Å². The Morgan fingerprint density at radius 2 is 1.77 bits per heavy atom. The first-order chi connectivity index (χ1) is 14.8. The second kappa shape index (κ2) is 8.45. The molecule has 3 heteroatoms. The number of benzene rings is 2. The van der Waals surface area contributed by atoms with Crippen LogP contribution in [0.15, 0.2) is 72.9 Å². The number of hydrogen-bond donors (Lipinski definition) is 0. The van der Waals surface area contributed by atoms with Gasteiger partial charge in [-0.3, -0.25) is 9.88 Å². The topological polar surface area (TPSA) is 21.1 Å². The maximum Gasteiger partial charge on any atom is 0.0486 e. The first kappa shape index (κ1) is 19.1. The van der Waals surface area contributed by atoms with Crippen LogP contribution in [0.2, 0.25) is 0 Å². The third-order valence-electron chi connectivity index (χ3n) is 6.37. The lowest BCUT2D eigenvalue weighted by molar-refractivity contribution is 0.254. The lowest BCUT2D eigenvalue weighted by atomic mass is 10.0. The minimum absolute atomic E-state index is 1.02. The highest BCUT2D eigenvalue weighted by Gasteiger charge is 2.24. The molecule has 2 aromatic carbocycles. The minimum Gasteiger partial charge on any atom is -0.344 e. The Morgan fingerprint density at radius 1 is 0.900 bits per heavy atom. The molecule has 152 valence electrons. The Kier molecular flexibility index (Phi) is 5.37. The lowest BCUT2D eigenvalue weighted by Gasteiger charge is -2.28. The summed E-state index contributed by atoms with van der Waals surface area (Å²) < 4.78 is 2.59. The molecule has 0 N–H and O–H groups in total. The van der Waals surface area contributed by atoms with Gasteiger partial charge in [-0.15, -0.1) is 0 Å². The van der Waals surface area contributed by atoms with Crippen molar-refractivity contribution in [3.63, 3.8) is 0 Å². The van der Waals surface area contributed by atoms with E-state index >= 15 is 0 Å². The van der Waals surface area contributed by atoms with Crippen molar-refractivity contribution in [3.05, 3.63) is 101 Å². The fourth-order valence-electron chi connectivity index (χ4n) is 4.77. The van der Waals surface area contributed by atoms with E-state index in [0.717, 1.165) is 45.4 Å². The summed E-state index contributed by atoms with van der Waals surface area (Å²) in [6.07, 6.45) is 5.11. The fourth-order valence-corrected chi connectivity index (χ4v) is 4.77. The van der Waals surface area contributed by atoms with Crippen molar-refractivity contribution < 1.29 is 0 Å². The summed E-state index contributed by atoms with van der Waals surface area (Å²) in [5.41, 5.74) is 8.41. The summed E-state index contributed by atoms with van der Waals surface area (Å²) in [7, 11) is 0. The Balaban J connectivity index is 1.40. The zero-order chi connectivity index (χ0) is 20.3. The molecule has 2 aromatic heterocycles. The molecule has 0 fully saturated rings. The largest absolute Gasteiger partial charge is 0.344 e. The molecule has 3 nitrogen and oxygen atoms in total. The Morgan fingerprint density at radius 3 is 2.60 bits per heavy atom. The predicted molar refractivity (Wildman–Crippen MR) is 124 cm³/mol. The Hall–Kier alpha value is -2.91. The van der Waals surface area contributed by atoms with Gasteiger partial charge in [-0.05, 0) is 48.7 Å². The van der Waals surface area contributed by atoms with Crippen LogP contribution in [0.4, 0.5) is 0 Å². The molecule has 0 unspecified atom stereocenters. The second-order valence-corrected chi connectivity index (χ2v) is 8.43. The second-order valence-electron chi connectivity index (χ2n) is 8.43. The number of aryl methyl sites for hydroxylation is 3. The fraction of sp³-hybridized carbons (Fsp3) is 0.296. The van der Waals surface area contributed by atoms with E-state index in [-0.39, 0.29) is 0 Å².